The van der Waals surface area contributed by atoms with E-state index in [4.69, 9.17) is 23.2 Å². The van der Waals surface area contributed by atoms with Crippen LogP contribution in [0.25, 0.3) is 0 Å². The van der Waals surface area contributed by atoms with Gasteiger partial charge in [-0.1, -0.05) is 38.3 Å². The van der Waals surface area contributed by atoms with Crippen LogP contribution in [0.2, 0.25) is 5.02 Å². The molecule has 1 N–H and O–H groups in total. The second-order valence-electron chi connectivity index (χ2n) is 4.36. The maximum absolute atomic E-state index is 11.9. The van der Waals surface area contributed by atoms with E-state index in [1.807, 2.05) is 12.3 Å². The lowest BCUT2D eigenvalue weighted by Crippen LogP contribution is -2.32. The standard InChI is InChI=1S/C13H19Cl2NOS/c1-4-9(5-2)10(14)6-16-13(17)12-11(15)8(3)7-18-12/h7,9-10H,4-6H2,1-3H3,(H,16,17). The number of thiophene rings is 1. The van der Waals surface area contributed by atoms with Crippen LogP contribution in [0.3, 0.4) is 0 Å². The van der Waals surface area contributed by atoms with Gasteiger partial charge in [0.1, 0.15) is 4.88 Å². The summed E-state index contributed by atoms with van der Waals surface area (Å²) in [6.07, 6.45) is 2.05. The molecule has 0 aliphatic rings. The van der Waals surface area contributed by atoms with E-state index in [2.05, 4.69) is 19.2 Å². The van der Waals surface area contributed by atoms with Crippen molar-refractivity contribution in [1.82, 2.24) is 5.32 Å². The highest BCUT2D eigenvalue weighted by atomic mass is 35.5. The predicted octanol–water partition coefficient (Wildman–Crippen LogP) is 4.48. The minimum absolute atomic E-state index is 0.0243. The Balaban J connectivity index is 2.54. The van der Waals surface area contributed by atoms with E-state index < -0.39 is 0 Å². The second kappa shape index (κ2) is 7.37. The van der Waals surface area contributed by atoms with Gasteiger partial charge in [0.2, 0.25) is 0 Å². The number of rotatable bonds is 6. The van der Waals surface area contributed by atoms with Crippen molar-refractivity contribution in [1.29, 1.82) is 0 Å². The van der Waals surface area contributed by atoms with Crippen molar-refractivity contribution < 1.29 is 4.79 Å². The summed E-state index contributed by atoms with van der Waals surface area (Å²) in [5.41, 5.74) is 0.939. The maximum atomic E-state index is 11.9. The molecular formula is C13H19Cl2NOS. The second-order valence-corrected chi connectivity index (χ2v) is 6.18. The lowest BCUT2D eigenvalue weighted by Gasteiger charge is -2.19. The Kier molecular flexibility index (Phi) is 6.47. The van der Waals surface area contributed by atoms with Crippen LogP contribution in [0.5, 0.6) is 0 Å². The quantitative estimate of drug-likeness (QED) is 0.771. The van der Waals surface area contributed by atoms with Crippen LogP contribution >= 0.6 is 34.5 Å². The Hall–Kier alpha value is -0.250. The number of halogens is 2. The highest BCUT2D eigenvalue weighted by Gasteiger charge is 2.19. The fourth-order valence-corrected chi connectivity index (χ4v) is 3.45. The summed E-state index contributed by atoms with van der Waals surface area (Å²) in [4.78, 5) is 12.5. The zero-order valence-electron chi connectivity index (χ0n) is 10.9. The number of hydrogen-bond donors (Lipinski definition) is 1. The number of hydrogen-bond acceptors (Lipinski definition) is 2. The number of alkyl halides is 1. The average molecular weight is 308 g/mol. The number of carbonyl (C=O) groups excluding carboxylic acids is 1. The summed E-state index contributed by atoms with van der Waals surface area (Å²) in [5.74, 6) is 0.308. The molecule has 0 fully saturated rings. The van der Waals surface area contributed by atoms with Gasteiger partial charge in [0, 0.05) is 6.54 Å². The van der Waals surface area contributed by atoms with Gasteiger partial charge in [0.05, 0.1) is 10.4 Å². The summed E-state index contributed by atoms with van der Waals surface area (Å²) >= 11 is 13.7. The fourth-order valence-electron chi connectivity index (χ4n) is 1.82. The predicted molar refractivity (Wildman–Crippen MR) is 80.1 cm³/mol. The molecule has 1 amide bonds. The van der Waals surface area contributed by atoms with Gasteiger partial charge in [-0.15, -0.1) is 22.9 Å². The third kappa shape index (κ3) is 3.87. The Bertz CT molecular complexity index is 402. The van der Waals surface area contributed by atoms with Gasteiger partial charge >= 0.3 is 0 Å². The third-order valence-electron chi connectivity index (χ3n) is 3.12. The molecule has 1 rings (SSSR count). The van der Waals surface area contributed by atoms with Crippen LogP contribution < -0.4 is 5.32 Å². The minimum atomic E-state index is -0.130. The van der Waals surface area contributed by atoms with E-state index in [0.29, 0.717) is 22.4 Å². The van der Waals surface area contributed by atoms with E-state index in [-0.39, 0.29) is 11.3 Å². The van der Waals surface area contributed by atoms with E-state index in [1.54, 1.807) is 0 Å². The molecule has 0 spiro atoms. The van der Waals surface area contributed by atoms with Gasteiger partial charge in [-0.2, -0.15) is 0 Å². The first-order chi connectivity index (χ1) is 8.51. The third-order valence-corrected chi connectivity index (χ3v) is 5.33. The summed E-state index contributed by atoms with van der Waals surface area (Å²) < 4.78 is 0. The van der Waals surface area contributed by atoms with E-state index in [9.17, 15) is 4.79 Å². The lowest BCUT2D eigenvalue weighted by atomic mass is 9.99. The van der Waals surface area contributed by atoms with E-state index in [0.717, 1.165) is 18.4 Å². The van der Waals surface area contributed by atoms with Crippen molar-refractivity contribution in [3.63, 3.8) is 0 Å². The molecule has 5 heteroatoms. The highest BCUT2D eigenvalue weighted by molar-refractivity contribution is 7.13. The average Bonchev–Trinajstić information content (AvgIpc) is 2.69. The zero-order chi connectivity index (χ0) is 13.7. The number of aryl methyl sites for hydroxylation is 1. The monoisotopic (exact) mass is 307 g/mol. The Morgan fingerprint density at radius 2 is 2.06 bits per heavy atom. The Morgan fingerprint density at radius 3 is 2.50 bits per heavy atom. The molecule has 1 aromatic rings. The van der Waals surface area contributed by atoms with Gasteiger partial charge in [0.15, 0.2) is 0 Å². The zero-order valence-corrected chi connectivity index (χ0v) is 13.3. The normalized spacial score (nSPS) is 12.8. The van der Waals surface area contributed by atoms with Crippen LogP contribution in [0.1, 0.15) is 41.9 Å². The number of amides is 1. The lowest BCUT2D eigenvalue weighted by molar-refractivity contribution is 0.0955. The van der Waals surface area contributed by atoms with Crippen molar-refractivity contribution in [2.75, 3.05) is 6.54 Å². The van der Waals surface area contributed by atoms with Gasteiger partial charge in [0.25, 0.3) is 5.91 Å². The highest BCUT2D eigenvalue weighted by Crippen LogP contribution is 2.27. The minimum Gasteiger partial charge on any atom is -0.350 e. The Morgan fingerprint density at radius 1 is 1.44 bits per heavy atom. The first kappa shape index (κ1) is 15.8. The van der Waals surface area contributed by atoms with E-state index in [1.165, 1.54) is 11.3 Å². The number of carbonyl (C=O) groups is 1. The first-order valence-electron chi connectivity index (χ1n) is 6.17. The molecule has 1 heterocycles. The molecule has 2 nitrogen and oxygen atoms in total. The molecule has 0 aliphatic carbocycles. The van der Waals surface area contributed by atoms with Crippen molar-refractivity contribution in [2.45, 2.75) is 39.0 Å². The van der Waals surface area contributed by atoms with Crippen molar-refractivity contribution in [2.24, 2.45) is 5.92 Å². The van der Waals surface area contributed by atoms with Crippen LogP contribution in [-0.4, -0.2) is 17.8 Å². The molecule has 1 atom stereocenters. The Labute approximate surface area is 123 Å². The molecule has 1 unspecified atom stereocenters. The first-order valence-corrected chi connectivity index (χ1v) is 7.86. The summed E-state index contributed by atoms with van der Waals surface area (Å²) in [7, 11) is 0. The van der Waals surface area contributed by atoms with Crippen molar-refractivity contribution >= 4 is 40.4 Å². The van der Waals surface area contributed by atoms with Gasteiger partial charge in [-0.25, -0.2) is 0 Å². The summed E-state index contributed by atoms with van der Waals surface area (Å²) in [5, 5.41) is 5.27. The van der Waals surface area contributed by atoms with Crippen LogP contribution in [0.15, 0.2) is 5.38 Å². The molecule has 0 saturated heterocycles. The van der Waals surface area contributed by atoms with Crippen LogP contribution in [0, 0.1) is 12.8 Å². The molecule has 0 bridgehead atoms. The van der Waals surface area contributed by atoms with Crippen molar-refractivity contribution in [3.05, 3.63) is 20.8 Å². The molecule has 0 radical (unpaired) electrons. The van der Waals surface area contributed by atoms with Gasteiger partial charge in [-0.05, 0) is 23.8 Å². The largest absolute Gasteiger partial charge is 0.350 e. The molecule has 1 aromatic heterocycles. The maximum Gasteiger partial charge on any atom is 0.262 e. The summed E-state index contributed by atoms with van der Waals surface area (Å²) in [6, 6.07) is 0. The summed E-state index contributed by atoms with van der Waals surface area (Å²) in [6.45, 7) is 6.61. The topological polar surface area (TPSA) is 29.1 Å². The molecule has 102 valence electrons. The molecular weight excluding hydrogens is 289 g/mol. The SMILES string of the molecule is CCC(CC)C(Cl)CNC(=O)c1scc(C)c1Cl. The molecule has 0 aliphatic heterocycles. The molecule has 0 saturated carbocycles. The van der Waals surface area contributed by atoms with Crippen LogP contribution in [-0.2, 0) is 0 Å². The molecule has 0 aromatic carbocycles. The van der Waals surface area contributed by atoms with E-state index >= 15 is 0 Å². The van der Waals surface area contributed by atoms with Crippen molar-refractivity contribution in [3.8, 4) is 0 Å². The van der Waals surface area contributed by atoms with Gasteiger partial charge in [-0.3, -0.25) is 4.79 Å². The smallest absolute Gasteiger partial charge is 0.262 e. The fraction of sp³-hybridized carbons (Fsp3) is 0.615. The van der Waals surface area contributed by atoms with Crippen LogP contribution in [0.4, 0.5) is 0 Å². The molecule has 18 heavy (non-hydrogen) atoms. The number of nitrogens with one attached hydrogen (secondary N) is 1. The van der Waals surface area contributed by atoms with Gasteiger partial charge < -0.3 is 5.32 Å².